The van der Waals surface area contributed by atoms with E-state index in [-0.39, 0.29) is 0 Å². The van der Waals surface area contributed by atoms with E-state index in [1.54, 1.807) is 23.5 Å². The number of rotatable bonds is 7. The molecule has 0 unspecified atom stereocenters. The standard InChI is InChI=1S/C29H27O3PS2/c1-31-33(30,32-2)27-34-28(23-15-7-3-8-16-23,24-17-9-4-10-18-24)29(35-27,25-19-11-5-12-20-25)26-21-13-6-14-22-26/h3-22,27H,1-2H3. The van der Waals surface area contributed by atoms with Crippen molar-refractivity contribution in [3.8, 4) is 0 Å². The molecule has 0 atom stereocenters. The molecule has 0 aliphatic carbocycles. The van der Waals surface area contributed by atoms with Crippen LogP contribution in [0.4, 0.5) is 0 Å². The van der Waals surface area contributed by atoms with E-state index in [4.69, 9.17) is 9.05 Å². The quantitative estimate of drug-likeness (QED) is 0.231. The molecular formula is C29H27O3PS2. The van der Waals surface area contributed by atoms with Crippen LogP contribution in [0.25, 0.3) is 0 Å². The van der Waals surface area contributed by atoms with E-state index in [9.17, 15) is 4.57 Å². The van der Waals surface area contributed by atoms with Crippen LogP contribution in [0.2, 0.25) is 0 Å². The van der Waals surface area contributed by atoms with Gasteiger partial charge in [-0.2, -0.15) is 0 Å². The van der Waals surface area contributed by atoms with E-state index in [2.05, 4.69) is 97.1 Å². The highest BCUT2D eigenvalue weighted by atomic mass is 32.2. The number of hydrogen-bond acceptors (Lipinski definition) is 5. The molecule has 0 spiro atoms. The maximum Gasteiger partial charge on any atom is 0.353 e. The summed E-state index contributed by atoms with van der Waals surface area (Å²) < 4.78 is 23.4. The first-order valence-electron chi connectivity index (χ1n) is 11.4. The van der Waals surface area contributed by atoms with E-state index in [0.29, 0.717) is 0 Å². The fourth-order valence-corrected chi connectivity index (χ4v) is 12.3. The molecule has 4 aromatic rings. The van der Waals surface area contributed by atoms with Gasteiger partial charge in [0.2, 0.25) is 0 Å². The van der Waals surface area contributed by atoms with Crippen LogP contribution in [0.15, 0.2) is 121 Å². The average Bonchev–Trinajstić information content (AvgIpc) is 3.33. The van der Waals surface area contributed by atoms with Gasteiger partial charge in [-0.25, -0.2) is 0 Å². The summed E-state index contributed by atoms with van der Waals surface area (Å²) in [5.41, 5.74) is 4.55. The third kappa shape index (κ3) is 3.91. The summed E-state index contributed by atoms with van der Waals surface area (Å²) in [6.45, 7) is 0. The van der Waals surface area contributed by atoms with E-state index in [1.165, 1.54) is 14.2 Å². The second kappa shape index (κ2) is 10.0. The van der Waals surface area contributed by atoms with Crippen molar-refractivity contribution in [1.29, 1.82) is 0 Å². The van der Waals surface area contributed by atoms with Crippen molar-refractivity contribution in [1.82, 2.24) is 0 Å². The Morgan fingerprint density at radius 2 is 0.800 bits per heavy atom. The van der Waals surface area contributed by atoms with Gasteiger partial charge in [-0.05, 0) is 22.3 Å². The molecule has 5 rings (SSSR count). The van der Waals surface area contributed by atoms with Crippen LogP contribution in [-0.2, 0) is 23.1 Å². The minimum absolute atomic E-state index is 0.460. The lowest BCUT2D eigenvalue weighted by Crippen LogP contribution is -2.43. The Bertz CT molecular complexity index is 1120. The molecule has 0 N–H and O–H groups in total. The molecule has 1 aliphatic heterocycles. The Kier molecular flexibility index (Phi) is 6.98. The largest absolute Gasteiger partial charge is 0.353 e. The summed E-state index contributed by atoms with van der Waals surface area (Å²) in [6.07, 6.45) is 0. The van der Waals surface area contributed by atoms with Gasteiger partial charge >= 0.3 is 7.60 Å². The molecular weight excluding hydrogens is 491 g/mol. The van der Waals surface area contributed by atoms with Gasteiger partial charge in [0.25, 0.3) is 0 Å². The molecule has 0 bridgehead atoms. The van der Waals surface area contributed by atoms with Crippen LogP contribution in [0.3, 0.4) is 0 Å². The molecule has 0 aromatic heterocycles. The molecule has 1 heterocycles. The predicted octanol–water partition coefficient (Wildman–Crippen LogP) is 8.12. The number of benzene rings is 4. The van der Waals surface area contributed by atoms with Crippen LogP contribution in [0, 0.1) is 0 Å². The molecule has 6 heteroatoms. The Morgan fingerprint density at radius 3 is 1.03 bits per heavy atom. The van der Waals surface area contributed by atoms with Crippen LogP contribution in [0.5, 0.6) is 0 Å². The van der Waals surface area contributed by atoms with E-state index >= 15 is 0 Å². The van der Waals surface area contributed by atoms with E-state index in [0.717, 1.165) is 22.3 Å². The molecule has 178 valence electrons. The van der Waals surface area contributed by atoms with Crippen molar-refractivity contribution in [2.75, 3.05) is 14.2 Å². The van der Waals surface area contributed by atoms with Crippen LogP contribution >= 0.6 is 31.1 Å². The third-order valence-corrected chi connectivity index (χ3v) is 13.6. The van der Waals surface area contributed by atoms with Gasteiger partial charge < -0.3 is 9.05 Å². The number of hydrogen-bond donors (Lipinski definition) is 0. The molecule has 0 radical (unpaired) electrons. The highest BCUT2D eigenvalue weighted by Gasteiger charge is 2.66. The summed E-state index contributed by atoms with van der Waals surface area (Å²) in [5, 5.41) is 0. The van der Waals surface area contributed by atoms with Gasteiger partial charge in [0.05, 0.1) is 9.49 Å². The minimum Gasteiger partial charge on any atom is -0.311 e. The van der Waals surface area contributed by atoms with E-state index in [1.807, 2.05) is 24.3 Å². The fourth-order valence-electron chi connectivity index (χ4n) is 4.98. The van der Waals surface area contributed by atoms with Crippen molar-refractivity contribution in [2.45, 2.75) is 13.8 Å². The van der Waals surface area contributed by atoms with Gasteiger partial charge in [0.1, 0.15) is 0 Å². The monoisotopic (exact) mass is 518 g/mol. The summed E-state index contributed by atoms with van der Waals surface area (Å²) in [7, 11) is -0.494. The first-order chi connectivity index (χ1) is 17.1. The van der Waals surface area contributed by atoms with Gasteiger partial charge in [0.15, 0.2) is 4.32 Å². The molecule has 1 fully saturated rings. The molecule has 1 aliphatic rings. The van der Waals surface area contributed by atoms with Gasteiger partial charge in [-0.3, -0.25) is 4.57 Å². The molecule has 4 aromatic carbocycles. The minimum atomic E-state index is -3.44. The lowest BCUT2D eigenvalue weighted by atomic mass is 9.72. The molecule has 0 amide bonds. The first-order valence-corrected chi connectivity index (χ1v) is 14.8. The fraction of sp³-hybridized carbons (Fsp3) is 0.172. The average molecular weight is 519 g/mol. The predicted molar refractivity (Wildman–Crippen MR) is 148 cm³/mol. The normalized spacial score (nSPS) is 17.3. The first kappa shape index (κ1) is 24.4. The zero-order valence-corrected chi connectivity index (χ0v) is 22.1. The van der Waals surface area contributed by atoms with Crippen molar-refractivity contribution >= 4 is 31.1 Å². The molecule has 1 saturated heterocycles. The van der Waals surface area contributed by atoms with Gasteiger partial charge in [-0.15, -0.1) is 23.5 Å². The lowest BCUT2D eigenvalue weighted by molar-refractivity contribution is 0.279. The van der Waals surface area contributed by atoms with Crippen molar-refractivity contribution < 1.29 is 13.6 Å². The van der Waals surface area contributed by atoms with Crippen LogP contribution < -0.4 is 0 Å². The second-order valence-corrected chi connectivity index (χ2v) is 14.2. The lowest BCUT2D eigenvalue weighted by Gasteiger charge is -2.46. The SMILES string of the molecule is COP(=O)(OC)C1SC(c2ccccc2)(c2ccccc2)C(c2ccccc2)(c2ccccc2)S1. The van der Waals surface area contributed by atoms with Crippen molar-refractivity contribution in [3.63, 3.8) is 0 Å². The summed E-state index contributed by atoms with van der Waals surface area (Å²) >= 11 is 3.33. The molecule has 35 heavy (non-hydrogen) atoms. The van der Waals surface area contributed by atoms with Gasteiger partial charge in [-0.1, -0.05) is 121 Å². The number of thioether (sulfide) groups is 2. The van der Waals surface area contributed by atoms with Crippen LogP contribution in [0.1, 0.15) is 22.3 Å². The molecule has 3 nitrogen and oxygen atoms in total. The van der Waals surface area contributed by atoms with E-state index < -0.39 is 21.4 Å². The van der Waals surface area contributed by atoms with Crippen molar-refractivity contribution in [3.05, 3.63) is 144 Å². The summed E-state index contributed by atoms with van der Waals surface area (Å²) in [6, 6.07) is 42.1. The summed E-state index contributed by atoms with van der Waals surface area (Å²) in [4.78, 5) is 0. The Balaban J connectivity index is 1.94. The zero-order chi connectivity index (χ0) is 24.4. The van der Waals surface area contributed by atoms with Crippen molar-refractivity contribution in [2.24, 2.45) is 0 Å². The maximum atomic E-state index is 14.0. The Morgan fingerprint density at radius 1 is 0.543 bits per heavy atom. The summed E-state index contributed by atoms with van der Waals surface area (Å²) in [5.74, 6) is 0. The maximum absolute atomic E-state index is 14.0. The highest BCUT2D eigenvalue weighted by Crippen LogP contribution is 2.79. The van der Waals surface area contributed by atoms with Crippen LogP contribution in [-0.4, -0.2) is 18.5 Å². The topological polar surface area (TPSA) is 35.5 Å². The Hall–Kier alpha value is -2.27. The third-order valence-electron chi connectivity index (χ3n) is 6.54. The zero-order valence-electron chi connectivity index (χ0n) is 19.6. The smallest absolute Gasteiger partial charge is 0.311 e. The Labute approximate surface area is 215 Å². The molecule has 0 saturated carbocycles. The highest BCUT2D eigenvalue weighted by molar-refractivity contribution is 8.27. The second-order valence-electron chi connectivity index (χ2n) is 8.27. The van der Waals surface area contributed by atoms with Gasteiger partial charge in [0, 0.05) is 14.2 Å².